The zero-order chi connectivity index (χ0) is 13.5. The number of aromatic nitrogens is 1. The maximum atomic E-state index is 11.9. The maximum Gasteiger partial charge on any atom is 0.244 e. The SMILES string of the molecule is CCNc1cc(NC(C)C(=O)N(C)CC)ccn1. The first-order valence-corrected chi connectivity index (χ1v) is 6.29. The zero-order valence-corrected chi connectivity index (χ0v) is 11.5. The molecule has 0 spiro atoms. The summed E-state index contributed by atoms with van der Waals surface area (Å²) in [5, 5.41) is 6.32. The van der Waals surface area contributed by atoms with Crippen molar-refractivity contribution < 1.29 is 4.79 Å². The second kappa shape index (κ2) is 6.83. The summed E-state index contributed by atoms with van der Waals surface area (Å²) in [7, 11) is 1.80. The van der Waals surface area contributed by atoms with Gasteiger partial charge in [-0.05, 0) is 26.8 Å². The van der Waals surface area contributed by atoms with Crippen molar-refractivity contribution >= 4 is 17.4 Å². The zero-order valence-electron chi connectivity index (χ0n) is 11.5. The molecule has 1 heterocycles. The molecule has 0 aromatic carbocycles. The molecule has 0 saturated heterocycles. The van der Waals surface area contributed by atoms with Crippen LogP contribution in [0.1, 0.15) is 20.8 Å². The lowest BCUT2D eigenvalue weighted by atomic mass is 10.2. The van der Waals surface area contributed by atoms with Crippen molar-refractivity contribution in [2.75, 3.05) is 30.8 Å². The summed E-state index contributed by atoms with van der Waals surface area (Å²) >= 11 is 0. The summed E-state index contributed by atoms with van der Waals surface area (Å²) in [6, 6.07) is 3.52. The molecule has 1 aromatic rings. The Labute approximate surface area is 109 Å². The molecule has 0 aliphatic carbocycles. The number of nitrogens with zero attached hydrogens (tertiary/aromatic N) is 2. The molecule has 18 heavy (non-hydrogen) atoms. The number of likely N-dealkylation sites (N-methyl/N-ethyl adjacent to an activating group) is 1. The van der Waals surface area contributed by atoms with E-state index >= 15 is 0 Å². The Hall–Kier alpha value is -1.78. The van der Waals surface area contributed by atoms with Crippen LogP contribution in [0.5, 0.6) is 0 Å². The Morgan fingerprint density at radius 2 is 2.22 bits per heavy atom. The summed E-state index contributed by atoms with van der Waals surface area (Å²) in [4.78, 5) is 17.8. The first-order chi connectivity index (χ1) is 8.58. The van der Waals surface area contributed by atoms with Crippen LogP contribution >= 0.6 is 0 Å². The molecule has 0 saturated carbocycles. The number of hydrogen-bond acceptors (Lipinski definition) is 4. The van der Waals surface area contributed by atoms with Crippen LogP contribution in [0.3, 0.4) is 0 Å². The lowest BCUT2D eigenvalue weighted by molar-refractivity contribution is -0.130. The second-order valence-corrected chi connectivity index (χ2v) is 4.18. The molecule has 0 fully saturated rings. The van der Waals surface area contributed by atoms with Crippen molar-refractivity contribution in [3.63, 3.8) is 0 Å². The number of amides is 1. The highest BCUT2D eigenvalue weighted by Gasteiger charge is 2.15. The van der Waals surface area contributed by atoms with Crippen LogP contribution in [0, 0.1) is 0 Å². The van der Waals surface area contributed by atoms with E-state index in [1.54, 1.807) is 18.1 Å². The van der Waals surface area contributed by atoms with Gasteiger partial charge in [-0.3, -0.25) is 4.79 Å². The number of nitrogens with one attached hydrogen (secondary N) is 2. The Kier molecular flexibility index (Phi) is 5.42. The third kappa shape index (κ3) is 3.91. The largest absolute Gasteiger partial charge is 0.374 e. The summed E-state index contributed by atoms with van der Waals surface area (Å²) in [5.41, 5.74) is 0.895. The van der Waals surface area contributed by atoms with Crippen molar-refractivity contribution in [3.8, 4) is 0 Å². The van der Waals surface area contributed by atoms with Gasteiger partial charge in [0.2, 0.25) is 5.91 Å². The average Bonchev–Trinajstić information content (AvgIpc) is 2.37. The van der Waals surface area contributed by atoms with Crippen LogP contribution in [-0.2, 0) is 4.79 Å². The van der Waals surface area contributed by atoms with E-state index in [2.05, 4.69) is 15.6 Å². The fourth-order valence-corrected chi connectivity index (χ4v) is 1.60. The van der Waals surface area contributed by atoms with Crippen molar-refractivity contribution in [2.45, 2.75) is 26.8 Å². The van der Waals surface area contributed by atoms with Gasteiger partial charge in [-0.25, -0.2) is 4.98 Å². The average molecular weight is 250 g/mol. The van der Waals surface area contributed by atoms with E-state index in [0.29, 0.717) is 6.54 Å². The smallest absolute Gasteiger partial charge is 0.244 e. The Morgan fingerprint density at radius 1 is 1.50 bits per heavy atom. The number of pyridine rings is 1. The molecule has 1 rings (SSSR count). The highest BCUT2D eigenvalue weighted by molar-refractivity contribution is 5.84. The molecular weight excluding hydrogens is 228 g/mol. The van der Waals surface area contributed by atoms with Gasteiger partial charge in [0.1, 0.15) is 11.9 Å². The van der Waals surface area contributed by atoms with Crippen molar-refractivity contribution in [2.24, 2.45) is 0 Å². The van der Waals surface area contributed by atoms with Gasteiger partial charge in [-0.15, -0.1) is 0 Å². The predicted octanol–water partition coefficient (Wildman–Crippen LogP) is 1.79. The topological polar surface area (TPSA) is 57.3 Å². The number of carbonyl (C=O) groups excluding carboxylic acids is 1. The monoisotopic (exact) mass is 250 g/mol. The molecule has 100 valence electrons. The van der Waals surface area contributed by atoms with Crippen LogP contribution in [0.2, 0.25) is 0 Å². The normalized spacial score (nSPS) is 11.8. The molecule has 1 atom stereocenters. The number of hydrogen-bond donors (Lipinski definition) is 2. The molecule has 1 unspecified atom stereocenters. The van der Waals surface area contributed by atoms with Gasteiger partial charge in [0, 0.05) is 38.1 Å². The number of carbonyl (C=O) groups is 1. The van der Waals surface area contributed by atoms with Crippen molar-refractivity contribution in [3.05, 3.63) is 18.3 Å². The van der Waals surface area contributed by atoms with Crippen molar-refractivity contribution in [1.82, 2.24) is 9.88 Å². The van der Waals surface area contributed by atoms with Crippen LogP contribution in [0.15, 0.2) is 18.3 Å². The van der Waals surface area contributed by atoms with Crippen LogP contribution in [0.4, 0.5) is 11.5 Å². The molecule has 0 aliphatic heterocycles. The summed E-state index contributed by atoms with van der Waals surface area (Å²) in [6.45, 7) is 7.37. The Balaban J connectivity index is 2.66. The molecule has 5 nitrogen and oxygen atoms in total. The van der Waals surface area contributed by atoms with Gasteiger partial charge in [0.25, 0.3) is 0 Å². The Morgan fingerprint density at radius 3 is 2.83 bits per heavy atom. The number of anilines is 2. The van der Waals surface area contributed by atoms with E-state index in [4.69, 9.17) is 0 Å². The first-order valence-electron chi connectivity index (χ1n) is 6.29. The van der Waals surface area contributed by atoms with Gasteiger partial charge >= 0.3 is 0 Å². The molecule has 1 amide bonds. The van der Waals surface area contributed by atoms with E-state index in [-0.39, 0.29) is 11.9 Å². The van der Waals surface area contributed by atoms with E-state index in [9.17, 15) is 4.79 Å². The number of rotatable bonds is 6. The molecule has 1 aromatic heterocycles. The minimum Gasteiger partial charge on any atom is -0.374 e. The van der Waals surface area contributed by atoms with E-state index in [0.717, 1.165) is 18.1 Å². The second-order valence-electron chi connectivity index (χ2n) is 4.18. The van der Waals surface area contributed by atoms with Crippen LogP contribution in [0.25, 0.3) is 0 Å². The maximum absolute atomic E-state index is 11.9. The molecule has 0 radical (unpaired) electrons. The highest BCUT2D eigenvalue weighted by atomic mass is 16.2. The van der Waals surface area contributed by atoms with E-state index < -0.39 is 0 Å². The van der Waals surface area contributed by atoms with Crippen LogP contribution in [-0.4, -0.2) is 42.0 Å². The van der Waals surface area contributed by atoms with Gasteiger partial charge < -0.3 is 15.5 Å². The van der Waals surface area contributed by atoms with Gasteiger partial charge in [-0.1, -0.05) is 0 Å². The minimum atomic E-state index is -0.244. The third-order valence-electron chi connectivity index (χ3n) is 2.72. The van der Waals surface area contributed by atoms with Gasteiger partial charge in [0.05, 0.1) is 0 Å². The van der Waals surface area contributed by atoms with Gasteiger partial charge in [0.15, 0.2) is 0 Å². The summed E-state index contributed by atoms with van der Waals surface area (Å²) in [5.74, 6) is 0.894. The third-order valence-corrected chi connectivity index (χ3v) is 2.72. The fraction of sp³-hybridized carbons (Fsp3) is 0.538. The fourth-order valence-electron chi connectivity index (χ4n) is 1.60. The summed E-state index contributed by atoms with van der Waals surface area (Å²) in [6.07, 6.45) is 1.72. The van der Waals surface area contributed by atoms with E-state index in [1.165, 1.54) is 0 Å². The molecule has 0 aliphatic rings. The lowest BCUT2D eigenvalue weighted by Crippen LogP contribution is -2.38. The minimum absolute atomic E-state index is 0.0827. The van der Waals surface area contributed by atoms with E-state index in [1.807, 2.05) is 32.9 Å². The molecule has 0 bridgehead atoms. The van der Waals surface area contributed by atoms with Crippen LogP contribution < -0.4 is 10.6 Å². The summed E-state index contributed by atoms with van der Waals surface area (Å²) < 4.78 is 0. The molecule has 5 heteroatoms. The predicted molar refractivity (Wildman–Crippen MR) is 74.8 cm³/mol. The molecular formula is C13H22N4O. The highest BCUT2D eigenvalue weighted by Crippen LogP contribution is 2.13. The quantitative estimate of drug-likeness (QED) is 0.808. The standard InChI is InChI=1S/C13H22N4O/c1-5-14-12-9-11(7-8-15-12)16-10(3)13(18)17(4)6-2/h7-10H,5-6H2,1-4H3,(H2,14,15,16). The van der Waals surface area contributed by atoms with Crippen molar-refractivity contribution in [1.29, 1.82) is 0 Å². The lowest BCUT2D eigenvalue weighted by Gasteiger charge is -2.21. The molecule has 2 N–H and O–H groups in total. The Bertz CT molecular complexity index is 394. The van der Waals surface area contributed by atoms with Gasteiger partial charge in [-0.2, -0.15) is 0 Å². The first kappa shape index (κ1) is 14.3.